The van der Waals surface area contributed by atoms with Gasteiger partial charge < -0.3 is 10.0 Å². The highest BCUT2D eigenvalue weighted by Crippen LogP contribution is 2.32. The Labute approximate surface area is 169 Å². The van der Waals surface area contributed by atoms with Crippen molar-refractivity contribution in [2.24, 2.45) is 0 Å². The summed E-state index contributed by atoms with van der Waals surface area (Å²) in [5.41, 5.74) is 2.14. The number of phenolic OH excluding ortho intramolecular Hbond substituents is 1. The van der Waals surface area contributed by atoms with Crippen LogP contribution in [0.1, 0.15) is 48.3 Å². The Hall–Kier alpha value is -2.47. The Kier molecular flexibility index (Phi) is 5.81. The van der Waals surface area contributed by atoms with Crippen LogP contribution in [0.4, 0.5) is 8.78 Å². The number of carbonyl (C=O) groups excluding carboxylic acids is 1. The Balaban J connectivity index is 1.31. The molecule has 29 heavy (non-hydrogen) atoms. The van der Waals surface area contributed by atoms with Crippen molar-refractivity contribution in [1.29, 1.82) is 0 Å². The van der Waals surface area contributed by atoms with E-state index in [1.165, 1.54) is 17.7 Å². The minimum absolute atomic E-state index is 0.0101. The van der Waals surface area contributed by atoms with Crippen molar-refractivity contribution in [1.82, 2.24) is 9.80 Å². The largest absolute Gasteiger partial charge is 0.508 e. The van der Waals surface area contributed by atoms with Crippen molar-refractivity contribution >= 4 is 5.91 Å². The van der Waals surface area contributed by atoms with Gasteiger partial charge in [-0.25, -0.2) is 8.78 Å². The highest BCUT2D eigenvalue weighted by atomic mass is 19.3. The molecule has 4 rings (SSSR count). The van der Waals surface area contributed by atoms with Crippen molar-refractivity contribution in [3.63, 3.8) is 0 Å². The summed E-state index contributed by atoms with van der Waals surface area (Å²) in [5, 5.41) is 9.45. The molecule has 0 bridgehead atoms. The zero-order chi connectivity index (χ0) is 20.4. The number of carbonyl (C=O) groups is 1. The van der Waals surface area contributed by atoms with Crippen LogP contribution in [0.5, 0.6) is 5.75 Å². The lowest BCUT2D eigenvalue weighted by Gasteiger charge is -2.35. The first kappa shape index (κ1) is 19.8. The summed E-state index contributed by atoms with van der Waals surface area (Å²) in [6, 6.07) is 13.6. The summed E-state index contributed by atoms with van der Waals surface area (Å²) in [4.78, 5) is 17.0. The molecule has 4 nitrogen and oxygen atoms in total. The van der Waals surface area contributed by atoms with Crippen LogP contribution in [0, 0.1) is 0 Å². The van der Waals surface area contributed by atoms with E-state index >= 15 is 0 Å². The topological polar surface area (TPSA) is 43.8 Å². The second-order valence-corrected chi connectivity index (χ2v) is 8.01. The number of likely N-dealkylation sites (tertiary alicyclic amines) is 2. The van der Waals surface area contributed by atoms with E-state index in [2.05, 4.69) is 4.90 Å². The summed E-state index contributed by atoms with van der Waals surface area (Å²) in [5.74, 6) is 0.894. The Morgan fingerprint density at radius 3 is 2.21 bits per heavy atom. The van der Waals surface area contributed by atoms with Gasteiger partial charge >= 0.3 is 0 Å². The maximum atomic E-state index is 12.9. The molecule has 1 N–H and O–H groups in total. The van der Waals surface area contributed by atoms with E-state index in [1.54, 1.807) is 24.3 Å². The quantitative estimate of drug-likeness (QED) is 0.813. The predicted octanol–water partition coefficient (Wildman–Crippen LogP) is 4.31. The number of benzene rings is 2. The van der Waals surface area contributed by atoms with Crippen molar-refractivity contribution in [2.75, 3.05) is 19.6 Å². The van der Waals surface area contributed by atoms with Crippen LogP contribution in [0.15, 0.2) is 48.5 Å². The fourth-order valence-electron chi connectivity index (χ4n) is 4.50. The number of halogens is 2. The third kappa shape index (κ3) is 4.42. The number of piperidine rings is 1. The van der Waals surface area contributed by atoms with Gasteiger partial charge in [-0.2, -0.15) is 0 Å². The van der Waals surface area contributed by atoms with E-state index in [4.69, 9.17) is 0 Å². The Morgan fingerprint density at radius 2 is 1.59 bits per heavy atom. The molecule has 0 radical (unpaired) electrons. The lowest BCUT2D eigenvalue weighted by Crippen LogP contribution is -2.45. The zero-order valence-corrected chi connectivity index (χ0v) is 16.3. The first-order chi connectivity index (χ1) is 14.0. The van der Waals surface area contributed by atoms with E-state index in [9.17, 15) is 18.7 Å². The van der Waals surface area contributed by atoms with Gasteiger partial charge in [0.2, 0.25) is 5.91 Å². The zero-order valence-electron chi connectivity index (χ0n) is 16.3. The van der Waals surface area contributed by atoms with Crippen LogP contribution >= 0.6 is 0 Å². The van der Waals surface area contributed by atoms with Crippen LogP contribution in [-0.4, -0.2) is 46.5 Å². The highest BCUT2D eigenvalue weighted by Gasteiger charge is 2.37. The van der Waals surface area contributed by atoms with Gasteiger partial charge in [0, 0.05) is 18.7 Å². The molecule has 0 aromatic heterocycles. The molecule has 2 aromatic rings. The third-order valence-electron chi connectivity index (χ3n) is 6.21. The second-order valence-electron chi connectivity index (χ2n) is 8.01. The molecule has 0 aliphatic carbocycles. The number of hydrogen-bond donors (Lipinski definition) is 1. The first-order valence-corrected chi connectivity index (χ1v) is 10.2. The molecule has 2 aliphatic rings. The molecule has 2 saturated heterocycles. The van der Waals surface area contributed by atoms with E-state index < -0.39 is 6.43 Å². The number of nitrogens with zero attached hydrogens (tertiary/aromatic N) is 2. The summed E-state index contributed by atoms with van der Waals surface area (Å²) < 4.78 is 25.4. The standard InChI is InChI=1S/C23H26F2N2O2/c24-22(25)19-3-1-16(2-4-19)15-27-14-11-21(23(27)29)26-12-9-18(10-13-26)17-5-7-20(28)8-6-17/h1-8,18,21-22,28H,9-15H2. The Bertz CT molecular complexity index is 831. The van der Waals surface area contributed by atoms with E-state index in [0.29, 0.717) is 19.0 Å². The minimum atomic E-state index is -2.47. The molecular weight excluding hydrogens is 374 g/mol. The molecule has 6 heteroatoms. The number of phenols is 1. The summed E-state index contributed by atoms with van der Waals surface area (Å²) in [6.45, 7) is 2.96. The van der Waals surface area contributed by atoms with Gasteiger partial charge in [-0.15, -0.1) is 0 Å². The average Bonchev–Trinajstić information content (AvgIpc) is 3.09. The maximum Gasteiger partial charge on any atom is 0.263 e. The van der Waals surface area contributed by atoms with Crippen LogP contribution in [0.25, 0.3) is 0 Å². The number of amides is 1. The van der Waals surface area contributed by atoms with Gasteiger partial charge in [0.15, 0.2) is 0 Å². The molecule has 154 valence electrons. The van der Waals surface area contributed by atoms with Crippen molar-refractivity contribution in [2.45, 2.75) is 44.2 Å². The highest BCUT2D eigenvalue weighted by molar-refractivity contribution is 5.84. The van der Waals surface area contributed by atoms with Gasteiger partial charge in [0.25, 0.3) is 6.43 Å². The van der Waals surface area contributed by atoms with Crippen LogP contribution < -0.4 is 0 Å². The molecule has 2 heterocycles. The lowest BCUT2D eigenvalue weighted by molar-refractivity contribution is -0.133. The monoisotopic (exact) mass is 400 g/mol. The molecule has 1 atom stereocenters. The summed E-state index contributed by atoms with van der Waals surface area (Å²) in [6.07, 6.45) is 0.358. The van der Waals surface area contributed by atoms with Crippen molar-refractivity contribution in [3.8, 4) is 5.75 Å². The van der Waals surface area contributed by atoms with Gasteiger partial charge in [0.05, 0.1) is 6.04 Å². The number of hydrogen-bond acceptors (Lipinski definition) is 3. The van der Waals surface area contributed by atoms with E-state index in [-0.39, 0.29) is 23.3 Å². The van der Waals surface area contributed by atoms with Gasteiger partial charge in [-0.05, 0) is 61.5 Å². The molecule has 1 amide bonds. The number of alkyl halides is 2. The van der Waals surface area contributed by atoms with Crippen LogP contribution in [0.2, 0.25) is 0 Å². The van der Waals surface area contributed by atoms with Crippen molar-refractivity contribution < 1.29 is 18.7 Å². The van der Waals surface area contributed by atoms with E-state index in [0.717, 1.165) is 37.9 Å². The first-order valence-electron chi connectivity index (χ1n) is 10.2. The molecule has 1 unspecified atom stereocenters. The molecule has 2 fully saturated rings. The number of rotatable bonds is 5. The lowest BCUT2D eigenvalue weighted by atomic mass is 9.89. The van der Waals surface area contributed by atoms with Crippen molar-refractivity contribution in [3.05, 3.63) is 65.2 Å². The van der Waals surface area contributed by atoms with Gasteiger partial charge in [0.1, 0.15) is 5.75 Å². The molecule has 0 spiro atoms. The smallest absolute Gasteiger partial charge is 0.263 e. The summed E-state index contributed by atoms with van der Waals surface area (Å²) in [7, 11) is 0. The SMILES string of the molecule is O=C1C(N2CCC(c3ccc(O)cc3)CC2)CCN1Cc1ccc(C(F)F)cc1. The number of aromatic hydroxyl groups is 1. The predicted molar refractivity (Wildman–Crippen MR) is 107 cm³/mol. The normalized spacial score (nSPS) is 21.3. The summed E-state index contributed by atoms with van der Waals surface area (Å²) >= 11 is 0. The van der Waals surface area contributed by atoms with Crippen LogP contribution in [-0.2, 0) is 11.3 Å². The second kappa shape index (κ2) is 8.49. The minimum Gasteiger partial charge on any atom is -0.508 e. The average molecular weight is 400 g/mol. The maximum absolute atomic E-state index is 12.9. The fraction of sp³-hybridized carbons (Fsp3) is 0.435. The van der Waals surface area contributed by atoms with Gasteiger partial charge in [-0.1, -0.05) is 36.4 Å². The third-order valence-corrected chi connectivity index (χ3v) is 6.21. The molecule has 2 aromatic carbocycles. The Morgan fingerprint density at radius 1 is 0.931 bits per heavy atom. The van der Waals surface area contributed by atoms with E-state index in [1.807, 2.05) is 17.0 Å². The molecule has 2 aliphatic heterocycles. The molecular formula is C23H26F2N2O2. The molecule has 0 saturated carbocycles. The van der Waals surface area contributed by atoms with Gasteiger partial charge in [-0.3, -0.25) is 9.69 Å². The van der Waals surface area contributed by atoms with Crippen LogP contribution in [0.3, 0.4) is 0 Å². The fourth-order valence-corrected chi connectivity index (χ4v) is 4.50.